The Kier molecular flexibility index (Phi) is 3.74. The van der Waals surface area contributed by atoms with Gasteiger partial charge in [-0.3, -0.25) is 15.1 Å². The normalized spacial score (nSPS) is 12.5. The molecule has 1 rings (SSSR count). The Labute approximate surface area is 88.5 Å². The molecule has 0 aliphatic heterocycles. The van der Waals surface area contributed by atoms with E-state index in [1.807, 2.05) is 6.92 Å². The summed E-state index contributed by atoms with van der Waals surface area (Å²) in [6.45, 7) is 3.66. The van der Waals surface area contributed by atoms with Crippen LogP contribution in [0.5, 0.6) is 0 Å². The number of hydrogen-bond acceptors (Lipinski definition) is 4. The molecule has 0 radical (unpaired) electrons. The first-order valence-electron chi connectivity index (χ1n) is 4.90. The summed E-state index contributed by atoms with van der Waals surface area (Å²) in [5.74, 6) is 0. The third kappa shape index (κ3) is 2.73. The van der Waals surface area contributed by atoms with Crippen LogP contribution in [0.25, 0.3) is 0 Å². The van der Waals surface area contributed by atoms with Crippen molar-refractivity contribution in [3.63, 3.8) is 0 Å². The van der Waals surface area contributed by atoms with Gasteiger partial charge in [-0.15, -0.1) is 0 Å². The highest BCUT2D eigenvalue weighted by Gasteiger charge is 2.19. The topological polar surface area (TPSA) is 82.0 Å². The maximum Gasteiger partial charge on any atom is 0.293 e. The fourth-order valence-electron chi connectivity index (χ4n) is 1.40. The van der Waals surface area contributed by atoms with Gasteiger partial charge in [0, 0.05) is 24.2 Å². The van der Waals surface area contributed by atoms with E-state index < -0.39 is 0 Å². The summed E-state index contributed by atoms with van der Waals surface area (Å²) < 4.78 is 0. The lowest BCUT2D eigenvalue weighted by atomic mass is 10.1. The van der Waals surface area contributed by atoms with Crippen LogP contribution in [-0.2, 0) is 6.42 Å². The van der Waals surface area contributed by atoms with Crippen molar-refractivity contribution in [2.75, 3.05) is 0 Å². The molecule has 5 heteroatoms. The lowest BCUT2D eigenvalue weighted by Gasteiger charge is -2.08. The average molecular weight is 209 g/mol. The molecule has 1 atom stereocenters. The second-order valence-electron chi connectivity index (χ2n) is 3.55. The molecule has 0 saturated heterocycles. The van der Waals surface area contributed by atoms with Gasteiger partial charge in [0.05, 0.1) is 4.92 Å². The maximum absolute atomic E-state index is 10.8. The summed E-state index contributed by atoms with van der Waals surface area (Å²) in [4.78, 5) is 14.5. The third-order valence-electron chi connectivity index (χ3n) is 2.36. The maximum atomic E-state index is 10.8. The second-order valence-corrected chi connectivity index (χ2v) is 3.55. The van der Waals surface area contributed by atoms with E-state index in [0.29, 0.717) is 17.7 Å². The first-order chi connectivity index (χ1) is 7.06. The molecule has 1 aromatic rings. The quantitative estimate of drug-likeness (QED) is 0.602. The van der Waals surface area contributed by atoms with Gasteiger partial charge in [-0.25, -0.2) is 0 Å². The first-order valence-corrected chi connectivity index (χ1v) is 4.90. The number of nitrogens with two attached hydrogens (primary N) is 1. The summed E-state index contributed by atoms with van der Waals surface area (Å²) in [6.07, 6.45) is 2.82. The lowest BCUT2D eigenvalue weighted by Crippen LogP contribution is -2.22. The van der Waals surface area contributed by atoms with Gasteiger partial charge in [-0.2, -0.15) is 0 Å². The summed E-state index contributed by atoms with van der Waals surface area (Å²) in [5.41, 5.74) is 6.97. The molecular weight excluding hydrogens is 194 g/mol. The van der Waals surface area contributed by atoms with Crippen LogP contribution in [0.1, 0.15) is 24.6 Å². The summed E-state index contributed by atoms with van der Waals surface area (Å²) >= 11 is 0. The van der Waals surface area contributed by atoms with Gasteiger partial charge in [-0.05, 0) is 19.4 Å². The fourth-order valence-corrected chi connectivity index (χ4v) is 1.40. The summed E-state index contributed by atoms with van der Waals surface area (Å²) in [6, 6.07) is 1.57. The van der Waals surface area contributed by atoms with E-state index in [4.69, 9.17) is 5.73 Å². The highest BCUT2D eigenvalue weighted by Crippen LogP contribution is 2.21. The van der Waals surface area contributed by atoms with E-state index in [0.717, 1.165) is 6.42 Å². The van der Waals surface area contributed by atoms with Gasteiger partial charge < -0.3 is 5.73 Å². The summed E-state index contributed by atoms with van der Waals surface area (Å²) in [7, 11) is 0. The average Bonchev–Trinajstić information content (AvgIpc) is 2.17. The minimum Gasteiger partial charge on any atom is -0.327 e. The third-order valence-corrected chi connectivity index (χ3v) is 2.36. The lowest BCUT2D eigenvalue weighted by molar-refractivity contribution is -0.386. The van der Waals surface area contributed by atoms with E-state index >= 15 is 0 Å². The van der Waals surface area contributed by atoms with Gasteiger partial charge in [0.2, 0.25) is 0 Å². The van der Waals surface area contributed by atoms with Crippen molar-refractivity contribution in [2.45, 2.75) is 32.7 Å². The summed E-state index contributed by atoms with van der Waals surface area (Å²) in [5, 5.41) is 10.8. The fraction of sp³-hybridized carbons (Fsp3) is 0.500. The Morgan fingerprint density at radius 2 is 2.33 bits per heavy atom. The van der Waals surface area contributed by atoms with Crippen LogP contribution < -0.4 is 5.73 Å². The molecule has 0 aliphatic carbocycles. The van der Waals surface area contributed by atoms with Crippen LogP contribution in [-0.4, -0.2) is 15.9 Å². The van der Waals surface area contributed by atoms with Crippen molar-refractivity contribution in [3.05, 3.63) is 33.6 Å². The van der Waals surface area contributed by atoms with Crippen LogP contribution in [0.2, 0.25) is 0 Å². The van der Waals surface area contributed by atoms with Crippen molar-refractivity contribution in [3.8, 4) is 0 Å². The Balaban J connectivity index is 3.06. The SMILES string of the molecule is CCC(N)Cc1nccc(C)c1[N+](=O)[O-]. The molecule has 1 aromatic heterocycles. The zero-order valence-electron chi connectivity index (χ0n) is 8.93. The van der Waals surface area contributed by atoms with Gasteiger partial charge in [0.25, 0.3) is 5.69 Å². The van der Waals surface area contributed by atoms with E-state index in [1.165, 1.54) is 0 Å². The molecule has 0 aromatic carbocycles. The molecule has 15 heavy (non-hydrogen) atoms. The van der Waals surface area contributed by atoms with Crippen LogP contribution in [0.3, 0.4) is 0 Å². The standard InChI is InChI=1S/C10H15N3O2/c1-3-8(11)6-9-10(13(14)15)7(2)4-5-12-9/h4-5,8H,3,6,11H2,1-2H3. The Morgan fingerprint density at radius 3 is 2.87 bits per heavy atom. The zero-order chi connectivity index (χ0) is 11.4. The molecule has 82 valence electrons. The molecule has 0 spiro atoms. The Morgan fingerprint density at radius 1 is 1.67 bits per heavy atom. The van der Waals surface area contributed by atoms with Crippen molar-refractivity contribution < 1.29 is 4.92 Å². The first kappa shape index (κ1) is 11.6. The van der Waals surface area contributed by atoms with Crippen LogP contribution in [0, 0.1) is 17.0 Å². The second kappa shape index (κ2) is 4.84. The van der Waals surface area contributed by atoms with Crippen molar-refractivity contribution in [1.29, 1.82) is 0 Å². The highest BCUT2D eigenvalue weighted by molar-refractivity contribution is 5.43. The van der Waals surface area contributed by atoms with Gasteiger partial charge in [0.1, 0.15) is 5.69 Å². The number of hydrogen-bond donors (Lipinski definition) is 1. The smallest absolute Gasteiger partial charge is 0.293 e. The molecule has 0 aliphatic rings. The number of aromatic nitrogens is 1. The van der Waals surface area contributed by atoms with Gasteiger partial charge in [-0.1, -0.05) is 6.92 Å². The largest absolute Gasteiger partial charge is 0.327 e. The number of nitro groups is 1. The molecule has 1 heterocycles. The highest BCUT2D eigenvalue weighted by atomic mass is 16.6. The molecule has 2 N–H and O–H groups in total. The molecule has 0 bridgehead atoms. The molecular formula is C10H15N3O2. The number of pyridine rings is 1. The van der Waals surface area contributed by atoms with Gasteiger partial charge >= 0.3 is 0 Å². The molecule has 1 unspecified atom stereocenters. The monoisotopic (exact) mass is 209 g/mol. The van der Waals surface area contributed by atoms with Crippen molar-refractivity contribution in [2.24, 2.45) is 5.73 Å². The predicted molar refractivity (Wildman–Crippen MR) is 57.6 cm³/mol. The predicted octanol–water partition coefficient (Wildman–Crippen LogP) is 1.58. The van der Waals surface area contributed by atoms with Crippen molar-refractivity contribution >= 4 is 5.69 Å². The number of aryl methyl sites for hydroxylation is 1. The Hall–Kier alpha value is -1.49. The minimum absolute atomic E-state index is 0.0713. The van der Waals surface area contributed by atoms with E-state index in [9.17, 15) is 10.1 Å². The zero-order valence-corrected chi connectivity index (χ0v) is 8.93. The Bertz CT molecular complexity index is 366. The van der Waals surface area contributed by atoms with Crippen LogP contribution in [0.15, 0.2) is 12.3 Å². The van der Waals surface area contributed by atoms with Gasteiger partial charge in [0.15, 0.2) is 0 Å². The molecule has 0 amide bonds. The van der Waals surface area contributed by atoms with Crippen LogP contribution in [0.4, 0.5) is 5.69 Å². The van der Waals surface area contributed by atoms with Crippen molar-refractivity contribution in [1.82, 2.24) is 4.98 Å². The van der Waals surface area contributed by atoms with E-state index in [2.05, 4.69) is 4.98 Å². The van der Waals surface area contributed by atoms with Crippen LogP contribution >= 0.6 is 0 Å². The minimum atomic E-state index is -0.389. The molecule has 5 nitrogen and oxygen atoms in total. The van der Waals surface area contributed by atoms with E-state index in [1.54, 1.807) is 19.2 Å². The molecule has 0 fully saturated rings. The number of rotatable bonds is 4. The van der Waals surface area contributed by atoms with E-state index in [-0.39, 0.29) is 16.7 Å². The molecule has 0 saturated carbocycles. The number of nitrogens with zero attached hydrogens (tertiary/aromatic N) is 2.